The van der Waals surface area contributed by atoms with Gasteiger partial charge in [-0.3, -0.25) is 0 Å². The van der Waals surface area contributed by atoms with E-state index in [9.17, 15) is 0 Å². The third-order valence-electron chi connectivity index (χ3n) is 2.35. The minimum atomic E-state index is -0.984. The zero-order valence-corrected chi connectivity index (χ0v) is 12.0. The monoisotopic (exact) mass is 242 g/mol. The second-order valence-corrected chi connectivity index (χ2v) is 5.82. The van der Waals surface area contributed by atoms with Crippen molar-refractivity contribution in [1.29, 1.82) is 0 Å². The van der Waals surface area contributed by atoms with Crippen molar-refractivity contribution < 1.29 is 23.9 Å². The molecule has 0 spiro atoms. The Bertz CT molecular complexity index is 234. The topological polar surface area (TPSA) is 9.23 Å². The van der Waals surface area contributed by atoms with Gasteiger partial charge in [-0.25, -0.2) is 0 Å². The third kappa shape index (κ3) is 3.01. The normalized spacial score (nSPS) is 22.0. The average Bonchev–Trinajstić information content (AvgIpc) is 2.21. The standard InChI is InChI=1S/C10H14OSi.Zn/c1-2-6-10(7-3-1)12-9-5-4-8-11-12;/h1-3,6-7,12H,4-5,8-9H2;. The van der Waals surface area contributed by atoms with E-state index in [1.807, 2.05) is 0 Å². The number of hydrogen-bond donors (Lipinski definition) is 0. The van der Waals surface area contributed by atoms with Gasteiger partial charge >= 0.3 is 0 Å². The maximum absolute atomic E-state index is 5.80. The molecule has 0 radical (unpaired) electrons. The fraction of sp³-hybridized carbons (Fsp3) is 0.400. The first kappa shape index (κ1) is 11.1. The molecule has 1 fully saturated rings. The van der Waals surface area contributed by atoms with Gasteiger partial charge in [-0.05, 0) is 17.7 Å². The van der Waals surface area contributed by atoms with Crippen LogP contribution in [0.2, 0.25) is 6.04 Å². The summed E-state index contributed by atoms with van der Waals surface area (Å²) in [6, 6.07) is 12.0. The minimum Gasteiger partial charge on any atom is -0.415 e. The Morgan fingerprint density at radius 3 is 2.46 bits per heavy atom. The molecule has 2 rings (SSSR count). The summed E-state index contributed by atoms with van der Waals surface area (Å²) in [6.07, 6.45) is 2.63. The number of rotatable bonds is 1. The quantitative estimate of drug-likeness (QED) is 0.678. The van der Waals surface area contributed by atoms with Crippen molar-refractivity contribution in [1.82, 2.24) is 0 Å². The van der Waals surface area contributed by atoms with E-state index in [4.69, 9.17) is 4.43 Å². The maximum atomic E-state index is 5.80. The fourth-order valence-corrected chi connectivity index (χ4v) is 4.13. The third-order valence-corrected chi connectivity index (χ3v) is 5.05. The summed E-state index contributed by atoms with van der Waals surface area (Å²) < 4.78 is 5.80. The summed E-state index contributed by atoms with van der Waals surface area (Å²) in [6.45, 7) is 0.992. The van der Waals surface area contributed by atoms with Crippen LogP contribution in [0.3, 0.4) is 0 Å². The number of hydrogen-bond acceptors (Lipinski definition) is 1. The van der Waals surface area contributed by atoms with Gasteiger partial charge in [-0.15, -0.1) is 0 Å². The van der Waals surface area contributed by atoms with Crippen LogP contribution in [-0.4, -0.2) is 15.6 Å². The molecule has 0 amide bonds. The van der Waals surface area contributed by atoms with Crippen LogP contribution in [0.1, 0.15) is 12.8 Å². The van der Waals surface area contributed by atoms with E-state index in [-0.39, 0.29) is 19.5 Å². The Labute approximate surface area is 94.0 Å². The summed E-state index contributed by atoms with van der Waals surface area (Å²) in [7, 11) is -0.984. The Morgan fingerprint density at radius 1 is 1.08 bits per heavy atom. The Morgan fingerprint density at radius 2 is 1.85 bits per heavy atom. The van der Waals surface area contributed by atoms with E-state index in [1.165, 1.54) is 24.1 Å². The predicted molar refractivity (Wildman–Crippen MR) is 53.2 cm³/mol. The molecule has 1 unspecified atom stereocenters. The minimum absolute atomic E-state index is 0. The maximum Gasteiger partial charge on any atom is 0.208 e. The SMILES string of the molecule is [Zn].c1ccc([SiH]2CCCCO2)cc1. The van der Waals surface area contributed by atoms with E-state index in [0.717, 1.165) is 6.61 Å². The van der Waals surface area contributed by atoms with Gasteiger partial charge in [0.15, 0.2) is 0 Å². The van der Waals surface area contributed by atoms with Gasteiger partial charge in [0, 0.05) is 26.1 Å². The molecule has 0 aromatic heterocycles. The molecule has 1 nitrogen and oxygen atoms in total. The van der Waals surface area contributed by atoms with Crippen LogP contribution >= 0.6 is 0 Å². The van der Waals surface area contributed by atoms with Crippen LogP contribution in [0.25, 0.3) is 0 Å². The molecule has 0 aliphatic carbocycles. The molecule has 1 aliphatic rings. The summed E-state index contributed by atoms with van der Waals surface area (Å²) in [4.78, 5) is 0. The molecule has 1 aromatic carbocycles. The van der Waals surface area contributed by atoms with Crippen LogP contribution in [0.15, 0.2) is 30.3 Å². The van der Waals surface area contributed by atoms with Crippen LogP contribution < -0.4 is 5.19 Å². The largest absolute Gasteiger partial charge is 0.415 e. The molecule has 1 saturated heterocycles. The second kappa shape index (κ2) is 5.69. The van der Waals surface area contributed by atoms with Gasteiger partial charge in [0.2, 0.25) is 9.04 Å². The molecular formula is C10H14OSiZn. The first-order valence-electron chi connectivity index (χ1n) is 4.63. The van der Waals surface area contributed by atoms with Gasteiger partial charge in [0.05, 0.1) is 0 Å². The fourth-order valence-electron chi connectivity index (χ4n) is 1.67. The molecule has 1 atom stereocenters. The zero-order valence-electron chi connectivity index (χ0n) is 7.91. The van der Waals surface area contributed by atoms with Gasteiger partial charge < -0.3 is 4.43 Å². The molecule has 3 heteroatoms. The Kier molecular flexibility index (Phi) is 4.86. The Balaban J connectivity index is 0.000000845. The summed E-state index contributed by atoms with van der Waals surface area (Å²) in [5.74, 6) is 0. The second-order valence-electron chi connectivity index (χ2n) is 3.27. The van der Waals surface area contributed by atoms with E-state index >= 15 is 0 Å². The first-order chi connectivity index (χ1) is 5.97. The van der Waals surface area contributed by atoms with Crippen molar-refractivity contribution in [3.8, 4) is 0 Å². The van der Waals surface area contributed by atoms with E-state index < -0.39 is 9.04 Å². The van der Waals surface area contributed by atoms with Gasteiger partial charge in [-0.1, -0.05) is 36.8 Å². The average molecular weight is 244 g/mol. The summed E-state index contributed by atoms with van der Waals surface area (Å²) in [5.41, 5.74) is 0. The predicted octanol–water partition coefficient (Wildman–Crippen LogP) is 1.43. The van der Waals surface area contributed by atoms with Crippen molar-refractivity contribution in [3.05, 3.63) is 30.3 Å². The van der Waals surface area contributed by atoms with E-state index in [2.05, 4.69) is 30.3 Å². The summed E-state index contributed by atoms with van der Waals surface area (Å²) >= 11 is 0. The van der Waals surface area contributed by atoms with Crippen molar-refractivity contribution >= 4 is 14.2 Å². The van der Waals surface area contributed by atoms with E-state index in [1.54, 1.807) is 0 Å². The molecule has 1 aliphatic heterocycles. The number of benzene rings is 1. The summed E-state index contributed by atoms with van der Waals surface area (Å²) in [5, 5.41) is 1.47. The smallest absolute Gasteiger partial charge is 0.208 e. The molecule has 1 aromatic rings. The van der Waals surface area contributed by atoms with Gasteiger partial charge in [0.25, 0.3) is 0 Å². The molecule has 66 valence electrons. The van der Waals surface area contributed by atoms with E-state index in [0.29, 0.717) is 0 Å². The molecule has 1 heterocycles. The Hall–Kier alpha value is 0.0203. The molecule has 13 heavy (non-hydrogen) atoms. The molecule has 0 saturated carbocycles. The van der Waals surface area contributed by atoms with Crippen LogP contribution in [0, 0.1) is 0 Å². The van der Waals surface area contributed by atoms with Crippen LogP contribution in [0.5, 0.6) is 0 Å². The van der Waals surface area contributed by atoms with Gasteiger partial charge in [-0.2, -0.15) is 0 Å². The van der Waals surface area contributed by atoms with Crippen molar-refractivity contribution in [2.45, 2.75) is 18.9 Å². The van der Waals surface area contributed by atoms with Crippen LogP contribution in [0.4, 0.5) is 0 Å². The van der Waals surface area contributed by atoms with Crippen molar-refractivity contribution in [3.63, 3.8) is 0 Å². The molecule has 0 N–H and O–H groups in total. The molecule has 0 bridgehead atoms. The van der Waals surface area contributed by atoms with Crippen molar-refractivity contribution in [2.75, 3.05) is 6.61 Å². The molecular weight excluding hydrogens is 230 g/mol. The first-order valence-corrected chi connectivity index (χ1v) is 6.50. The van der Waals surface area contributed by atoms with Crippen LogP contribution in [-0.2, 0) is 23.9 Å². The van der Waals surface area contributed by atoms with Crippen molar-refractivity contribution in [2.24, 2.45) is 0 Å². The zero-order chi connectivity index (χ0) is 8.23. The van der Waals surface area contributed by atoms with Gasteiger partial charge in [0.1, 0.15) is 0 Å².